The largest absolute Gasteiger partial charge is 0.496 e. The van der Waals surface area contributed by atoms with Crippen LogP contribution in [0.4, 0.5) is 5.69 Å². The highest BCUT2D eigenvalue weighted by Gasteiger charge is 2.27. The van der Waals surface area contributed by atoms with Crippen LogP contribution in [0.2, 0.25) is 0 Å². The zero-order valence-corrected chi connectivity index (χ0v) is 15.7. The zero-order chi connectivity index (χ0) is 19.5. The molecule has 1 aromatic carbocycles. The van der Waals surface area contributed by atoms with E-state index in [0.29, 0.717) is 17.1 Å². The number of rotatable bonds is 7. The van der Waals surface area contributed by atoms with Crippen molar-refractivity contribution in [1.29, 1.82) is 0 Å². The van der Waals surface area contributed by atoms with Gasteiger partial charge in [0.2, 0.25) is 5.91 Å². The van der Waals surface area contributed by atoms with Gasteiger partial charge < -0.3 is 10.1 Å². The van der Waals surface area contributed by atoms with E-state index in [1.807, 2.05) is 38.1 Å². The van der Waals surface area contributed by atoms with Gasteiger partial charge in [-0.2, -0.15) is 5.10 Å². The van der Waals surface area contributed by atoms with E-state index in [-0.39, 0.29) is 24.6 Å². The number of nitrogens with one attached hydrogen (secondary N) is 1. The molecule has 8 heteroatoms. The van der Waals surface area contributed by atoms with Crippen molar-refractivity contribution in [2.24, 2.45) is 0 Å². The van der Waals surface area contributed by atoms with Gasteiger partial charge in [0.1, 0.15) is 17.1 Å². The fraction of sp³-hybridized carbons (Fsp3) is 0.444. The van der Waals surface area contributed by atoms with Crippen molar-refractivity contribution in [1.82, 2.24) is 15.1 Å². The molecule has 0 radical (unpaired) electrons. The molecule has 0 aliphatic carbocycles. The maximum atomic E-state index is 12.4. The fourth-order valence-electron chi connectivity index (χ4n) is 3.02. The highest BCUT2D eigenvalue weighted by Crippen LogP contribution is 2.29. The summed E-state index contributed by atoms with van der Waals surface area (Å²) in [6.45, 7) is 7.30. The van der Waals surface area contributed by atoms with Crippen LogP contribution in [0.1, 0.15) is 37.2 Å². The molecule has 8 nitrogen and oxygen atoms in total. The molecule has 1 amide bonds. The number of nitro groups is 1. The fourth-order valence-corrected chi connectivity index (χ4v) is 3.02. The molecule has 0 spiro atoms. The number of benzene rings is 1. The van der Waals surface area contributed by atoms with Gasteiger partial charge in [-0.3, -0.25) is 19.6 Å². The summed E-state index contributed by atoms with van der Waals surface area (Å²) in [6.07, 6.45) is 0.164. The number of carbonyl (C=O) groups is 1. The van der Waals surface area contributed by atoms with E-state index in [2.05, 4.69) is 10.4 Å². The van der Waals surface area contributed by atoms with Crippen LogP contribution in [0.15, 0.2) is 24.3 Å². The summed E-state index contributed by atoms with van der Waals surface area (Å²) in [7, 11) is 1.59. The van der Waals surface area contributed by atoms with Gasteiger partial charge in [0.25, 0.3) is 0 Å². The molecule has 0 fully saturated rings. The lowest BCUT2D eigenvalue weighted by Crippen LogP contribution is -2.41. The number of methoxy groups -OCH3 is 1. The number of para-hydroxylation sites is 1. The number of aromatic nitrogens is 2. The summed E-state index contributed by atoms with van der Waals surface area (Å²) >= 11 is 0. The molecular weight excluding hydrogens is 336 g/mol. The quantitative estimate of drug-likeness (QED) is 0.604. The van der Waals surface area contributed by atoms with Gasteiger partial charge in [-0.15, -0.1) is 0 Å². The molecule has 0 saturated heterocycles. The first-order chi connectivity index (χ1) is 12.2. The van der Waals surface area contributed by atoms with Gasteiger partial charge in [0.05, 0.1) is 24.1 Å². The Bertz CT molecular complexity index is 827. The smallest absolute Gasteiger partial charge is 0.312 e. The molecule has 26 heavy (non-hydrogen) atoms. The molecule has 0 atom stereocenters. The molecule has 0 aliphatic rings. The Labute approximate surface area is 152 Å². The molecular formula is C18H24N4O4. The van der Waals surface area contributed by atoms with Crippen LogP contribution in [0.25, 0.3) is 0 Å². The van der Waals surface area contributed by atoms with E-state index in [0.717, 1.165) is 5.56 Å². The van der Waals surface area contributed by atoms with Gasteiger partial charge in [-0.25, -0.2) is 0 Å². The summed E-state index contributed by atoms with van der Waals surface area (Å²) in [5.41, 5.74) is 1.05. The predicted octanol–water partition coefficient (Wildman–Crippen LogP) is 2.86. The van der Waals surface area contributed by atoms with Crippen LogP contribution >= 0.6 is 0 Å². The van der Waals surface area contributed by atoms with Gasteiger partial charge in [0.15, 0.2) is 0 Å². The first-order valence-corrected chi connectivity index (χ1v) is 8.30. The van der Waals surface area contributed by atoms with E-state index in [1.54, 1.807) is 21.0 Å². The third-order valence-corrected chi connectivity index (χ3v) is 4.31. The SMILES string of the molecule is COc1ccccc1C(C)(C)NC(=O)CCn1nc(C)c([N+](=O)[O-])c1C. The minimum Gasteiger partial charge on any atom is -0.496 e. The number of nitrogens with zero attached hydrogens (tertiary/aromatic N) is 3. The Kier molecular flexibility index (Phi) is 5.64. The number of hydrogen-bond donors (Lipinski definition) is 1. The lowest BCUT2D eigenvalue weighted by molar-refractivity contribution is -0.386. The standard InChI is InChI=1S/C18H24N4O4/c1-12-17(22(24)25)13(2)21(20-12)11-10-16(23)19-18(3,4)14-8-6-7-9-15(14)26-5/h6-9H,10-11H2,1-5H3,(H,19,23). The lowest BCUT2D eigenvalue weighted by atomic mass is 9.93. The summed E-state index contributed by atoms with van der Waals surface area (Å²) in [4.78, 5) is 23.0. The van der Waals surface area contributed by atoms with Crippen LogP contribution in [-0.2, 0) is 16.9 Å². The highest BCUT2D eigenvalue weighted by molar-refractivity contribution is 5.77. The van der Waals surface area contributed by atoms with Crippen molar-refractivity contribution in [2.45, 2.75) is 46.2 Å². The minimum atomic E-state index is -0.620. The highest BCUT2D eigenvalue weighted by atomic mass is 16.6. The van der Waals surface area contributed by atoms with E-state index >= 15 is 0 Å². The summed E-state index contributed by atoms with van der Waals surface area (Å²) in [5.74, 6) is 0.531. The Morgan fingerprint density at radius 3 is 2.58 bits per heavy atom. The zero-order valence-electron chi connectivity index (χ0n) is 15.7. The van der Waals surface area contributed by atoms with Gasteiger partial charge >= 0.3 is 5.69 Å². The molecule has 2 rings (SSSR count). The maximum Gasteiger partial charge on any atom is 0.312 e. The molecule has 140 valence electrons. The van der Waals surface area contributed by atoms with Gasteiger partial charge in [-0.1, -0.05) is 18.2 Å². The first-order valence-electron chi connectivity index (χ1n) is 8.30. The Morgan fingerprint density at radius 1 is 1.35 bits per heavy atom. The molecule has 1 aromatic heterocycles. The summed E-state index contributed by atoms with van der Waals surface area (Å²) in [5, 5.41) is 18.2. The topological polar surface area (TPSA) is 99.3 Å². The number of amides is 1. The predicted molar refractivity (Wildman–Crippen MR) is 97.1 cm³/mol. The minimum absolute atomic E-state index is 0.000222. The molecule has 1 N–H and O–H groups in total. The van der Waals surface area contributed by atoms with E-state index in [9.17, 15) is 14.9 Å². The maximum absolute atomic E-state index is 12.4. The Balaban J connectivity index is 2.07. The summed E-state index contributed by atoms with van der Waals surface area (Å²) < 4.78 is 6.87. The third-order valence-electron chi connectivity index (χ3n) is 4.31. The van der Waals surface area contributed by atoms with Crippen LogP contribution in [0.3, 0.4) is 0 Å². The monoisotopic (exact) mass is 360 g/mol. The van der Waals surface area contributed by atoms with E-state index in [4.69, 9.17) is 4.74 Å². The van der Waals surface area contributed by atoms with Crippen molar-refractivity contribution in [3.63, 3.8) is 0 Å². The van der Waals surface area contributed by atoms with Crippen molar-refractivity contribution in [3.05, 3.63) is 51.3 Å². The summed E-state index contributed by atoms with van der Waals surface area (Å²) in [6, 6.07) is 7.51. The number of carbonyl (C=O) groups excluding carboxylic acids is 1. The van der Waals surface area contributed by atoms with Crippen molar-refractivity contribution in [2.75, 3.05) is 7.11 Å². The van der Waals surface area contributed by atoms with Gasteiger partial charge in [0, 0.05) is 12.0 Å². The van der Waals surface area contributed by atoms with Crippen molar-refractivity contribution in [3.8, 4) is 5.75 Å². The second-order valence-electron chi connectivity index (χ2n) is 6.62. The van der Waals surface area contributed by atoms with Crippen molar-refractivity contribution < 1.29 is 14.5 Å². The average molecular weight is 360 g/mol. The molecule has 0 unspecified atom stereocenters. The normalized spacial score (nSPS) is 11.3. The number of ether oxygens (including phenoxy) is 1. The van der Waals surface area contributed by atoms with Crippen LogP contribution < -0.4 is 10.1 Å². The molecule has 2 aromatic rings. The van der Waals surface area contributed by atoms with Crippen LogP contribution in [0.5, 0.6) is 5.75 Å². The van der Waals surface area contributed by atoms with E-state index < -0.39 is 10.5 Å². The van der Waals surface area contributed by atoms with Gasteiger partial charge in [-0.05, 0) is 33.8 Å². The second kappa shape index (κ2) is 7.55. The Hall–Kier alpha value is -2.90. The number of aryl methyl sites for hydroxylation is 2. The molecule has 0 bridgehead atoms. The molecule has 0 aliphatic heterocycles. The number of hydrogen-bond acceptors (Lipinski definition) is 5. The van der Waals surface area contributed by atoms with Crippen LogP contribution in [0, 0.1) is 24.0 Å². The third kappa shape index (κ3) is 4.01. The van der Waals surface area contributed by atoms with Crippen LogP contribution in [-0.4, -0.2) is 27.7 Å². The second-order valence-corrected chi connectivity index (χ2v) is 6.62. The van der Waals surface area contributed by atoms with Crippen molar-refractivity contribution >= 4 is 11.6 Å². The molecule has 0 saturated carbocycles. The first kappa shape index (κ1) is 19.4. The lowest BCUT2D eigenvalue weighted by Gasteiger charge is -2.28. The van der Waals surface area contributed by atoms with E-state index in [1.165, 1.54) is 4.68 Å². The Morgan fingerprint density at radius 2 is 2.00 bits per heavy atom. The average Bonchev–Trinajstić information content (AvgIpc) is 2.86. The molecule has 1 heterocycles.